The summed E-state index contributed by atoms with van der Waals surface area (Å²) in [5.41, 5.74) is 2.24. The molecular weight excluding hydrogens is 367 g/mol. The number of carbonyl (C=O) groups is 1. The zero-order valence-electron chi connectivity index (χ0n) is 14.7. The van der Waals surface area contributed by atoms with Crippen LogP contribution in [0, 0.1) is 5.82 Å². The van der Waals surface area contributed by atoms with Crippen LogP contribution in [0.15, 0.2) is 66.9 Å². The monoisotopic (exact) mass is 384 g/mol. The number of nitrogens with one attached hydrogen (secondary N) is 1. The number of carbonyl (C=O) groups excluding carboxylic acids is 1. The second-order valence-corrected chi connectivity index (χ2v) is 6.39. The minimum atomic E-state index is -0.301. The van der Waals surface area contributed by atoms with Crippen molar-refractivity contribution in [1.29, 1.82) is 0 Å². The first-order valence-corrected chi connectivity index (χ1v) is 8.74. The Kier molecular flexibility index (Phi) is 6.04. The van der Waals surface area contributed by atoms with Crippen molar-refractivity contribution in [2.45, 2.75) is 12.5 Å². The molecule has 4 nitrogen and oxygen atoms in total. The quantitative estimate of drug-likeness (QED) is 0.632. The SMILES string of the molecule is COc1ccc(C(Cc2ccc(F)cc2)NC(=O)c2ccc(Cl)nc2)cc1. The first-order valence-electron chi connectivity index (χ1n) is 8.36. The van der Waals surface area contributed by atoms with Gasteiger partial charge in [-0.3, -0.25) is 4.79 Å². The number of methoxy groups -OCH3 is 1. The second-order valence-electron chi connectivity index (χ2n) is 6.00. The van der Waals surface area contributed by atoms with Crippen LogP contribution in [-0.2, 0) is 6.42 Å². The molecule has 6 heteroatoms. The number of aromatic nitrogens is 1. The molecule has 3 aromatic rings. The summed E-state index contributed by atoms with van der Waals surface area (Å²) in [5, 5.41) is 3.34. The Morgan fingerprint density at radius 2 is 1.81 bits per heavy atom. The molecule has 1 N–H and O–H groups in total. The fourth-order valence-electron chi connectivity index (χ4n) is 2.70. The Labute approximate surface area is 162 Å². The molecule has 0 bridgehead atoms. The molecule has 1 unspecified atom stereocenters. The summed E-state index contributed by atoms with van der Waals surface area (Å²) in [4.78, 5) is 16.6. The summed E-state index contributed by atoms with van der Waals surface area (Å²) >= 11 is 5.78. The molecule has 0 spiro atoms. The smallest absolute Gasteiger partial charge is 0.253 e. The number of pyridine rings is 1. The molecule has 0 aliphatic carbocycles. The van der Waals surface area contributed by atoms with Gasteiger partial charge in [0.2, 0.25) is 0 Å². The topological polar surface area (TPSA) is 51.2 Å². The van der Waals surface area contributed by atoms with E-state index in [1.54, 1.807) is 31.4 Å². The molecule has 0 saturated heterocycles. The van der Waals surface area contributed by atoms with Gasteiger partial charge in [0.1, 0.15) is 16.7 Å². The Morgan fingerprint density at radius 1 is 1.11 bits per heavy atom. The van der Waals surface area contributed by atoms with E-state index in [0.717, 1.165) is 16.9 Å². The Hall–Kier alpha value is -2.92. The molecule has 2 aromatic carbocycles. The van der Waals surface area contributed by atoms with Crippen molar-refractivity contribution in [2.75, 3.05) is 7.11 Å². The van der Waals surface area contributed by atoms with Crippen LogP contribution in [0.2, 0.25) is 5.15 Å². The van der Waals surface area contributed by atoms with Crippen LogP contribution in [0.1, 0.15) is 27.5 Å². The highest BCUT2D eigenvalue weighted by atomic mass is 35.5. The predicted molar refractivity (Wildman–Crippen MR) is 103 cm³/mol. The Morgan fingerprint density at radius 3 is 2.41 bits per heavy atom. The minimum Gasteiger partial charge on any atom is -0.497 e. The maximum absolute atomic E-state index is 13.2. The van der Waals surface area contributed by atoms with Gasteiger partial charge in [-0.1, -0.05) is 35.9 Å². The van der Waals surface area contributed by atoms with Gasteiger partial charge in [-0.25, -0.2) is 9.37 Å². The highest BCUT2D eigenvalue weighted by molar-refractivity contribution is 6.29. The lowest BCUT2D eigenvalue weighted by atomic mass is 9.98. The number of nitrogens with zero attached hydrogens (tertiary/aromatic N) is 1. The van der Waals surface area contributed by atoms with Crippen LogP contribution in [0.3, 0.4) is 0 Å². The second kappa shape index (κ2) is 8.64. The molecule has 1 amide bonds. The molecule has 1 aromatic heterocycles. The molecule has 0 aliphatic rings. The molecule has 1 heterocycles. The van der Waals surface area contributed by atoms with E-state index >= 15 is 0 Å². The first-order chi connectivity index (χ1) is 13.0. The van der Waals surface area contributed by atoms with Gasteiger partial charge in [0.05, 0.1) is 18.7 Å². The number of ether oxygens (including phenoxy) is 1. The summed E-state index contributed by atoms with van der Waals surface area (Å²) in [6.07, 6.45) is 1.94. The average molecular weight is 385 g/mol. The molecule has 0 aliphatic heterocycles. The summed E-state index contributed by atoms with van der Waals surface area (Å²) in [7, 11) is 1.60. The van der Waals surface area contributed by atoms with Crippen LogP contribution in [0.25, 0.3) is 0 Å². The molecule has 0 radical (unpaired) electrons. The molecular formula is C21H18ClFN2O2. The lowest BCUT2D eigenvalue weighted by molar-refractivity contribution is 0.0936. The summed E-state index contributed by atoms with van der Waals surface area (Å²) in [6, 6.07) is 16.6. The fraction of sp³-hybridized carbons (Fsp3) is 0.143. The Balaban J connectivity index is 1.84. The predicted octanol–water partition coefficient (Wildman–Crippen LogP) is 4.60. The van der Waals surface area contributed by atoms with E-state index < -0.39 is 0 Å². The number of amides is 1. The Bertz CT molecular complexity index is 897. The van der Waals surface area contributed by atoms with E-state index in [1.807, 2.05) is 24.3 Å². The van der Waals surface area contributed by atoms with Crippen LogP contribution >= 0.6 is 11.6 Å². The normalized spacial score (nSPS) is 11.7. The summed E-state index contributed by atoms with van der Waals surface area (Å²) in [6.45, 7) is 0. The number of halogens is 2. The lowest BCUT2D eigenvalue weighted by Gasteiger charge is -2.20. The van der Waals surface area contributed by atoms with Crippen LogP contribution in [0.4, 0.5) is 4.39 Å². The molecule has 138 valence electrons. The van der Waals surface area contributed by atoms with Crippen molar-refractivity contribution in [3.05, 3.63) is 94.5 Å². The molecule has 0 saturated carbocycles. The maximum Gasteiger partial charge on any atom is 0.253 e. The average Bonchev–Trinajstić information content (AvgIpc) is 2.69. The van der Waals surface area contributed by atoms with Crippen molar-refractivity contribution >= 4 is 17.5 Å². The van der Waals surface area contributed by atoms with Gasteiger partial charge in [0.25, 0.3) is 5.91 Å². The van der Waals surface area contributed by atoms with Gasteiger partial charge in [-0.05, 0) is 53.9 Å². The van der Waals surface area contributed by atoms with E-state index in [0.29, 0.717) is 17.1 Å². The number of rotatable bonds is 6. The van der Waals surface area contributed by atoms with E-state index in [-0.39, 0.29) is 17.8 Å². The third kappa shape index (κ3) is 5.05. The maximum atomic E-state index is 13.2. The van der Waals surface area contributed by atoms with E-state index in [2.05, 4.69) is 10.3 Å². The van der Waals surface area contributed by atoms with Gasteiger partial charge in [0.15, 0.2) is 0 Å². The number of hydrogen-bond donors (Lipinski definition) is 1. The van der Waals surface area contributed by atoms with Crippen molar-refractivity contribution in [3.8, 4) is 5.75 Å². The van der Waals surface area contributed by atoms with Crippen molar-refractivity contribution < 1.29 is 13.9 Å². The van der Waals surface area contributed by atoms with Gasteiger partial charge < -0.3 is 10.1 Å². The standard InChI is InChI=1S/C21H18ClFN2O2/c1-27-18-9-4-15(5-10-18)19(12-14-2-7-17(23)8-3-14)25-21(26)16-6-11-20(22)24-13-16/h2-11,13,19H,12H2,1H3,(H,25,26). The largest absolute Gasteiger partial charge is 0.497 e. The lowest BCUT2D eigenvalue weighted by Crippen LogP contribution is -2.30. The molecule has 1 atom stereocenters. The third-order valence-electron chi connectivity index (χ3n) is 4.17. The van der Waals surface area contributed by atoms with Crippen LogP contribution in [0.5, 0.6) is 5.75 Å². The van der Waals surface area contributed by atoms with E-state index in [9.17, 15) is 9.18 Å². The molecule has 3 rings (SSSR count). The number of hydrogen-bond acceptors (Lipinski definition) is 3. The van der Waals surface area contributed by atoms with Gasteiger partial charge in [-0.15, -0.1) is 0 Å². The highest BCUT2D eigenvalue weighted by Gasteiger charge is 2.17. The molecule has 0 fully saturated rings. The number of benzene rings is 2. The van der Waals surface area contributed by atoms with Crippen molar-refractivity contribution in [1.82, 2.24) is 10.3 Å². The van der Waals surface area contributed by atoms with Gasteiger partial charge in [0, 0.05) is 6.20 Å². The zero-order chi connectivity index (χ0) is 19.2. The van der Waals surface area contributed by atoms with Crippen LogP contribution < -0.4 is 10.1 Å². The van der Waals surface area contributed by atoms with Crippen molar-refractivity contribution in [2.24, 2.45) is 0 Å². The summed E-state index contributed by atoms with van der Waals surface area (Å²) in [5.74, 6) is 0.172. The minimum absolute atomic E-state index is 0.262. The van der Waals surface area contributed by atoms with Crippen molar-refractivity contribution in [3.63, 3.8) is 0 Å². The van der Waals surface area contributed by atoms with E-state index in [4.69, 9.17) is 16.3 Å². The first kappa shape index (κ1) is 18.9. The third-order valence-corrected chi connectivity index (χ3v) is 4.39. The fourth-order valence-corrected chi connectivity index (χ4v) is 2.81. The van der Waals surface area contributed by atoms with E-state index in [1.165, 1.54) is 18.3 Å². The summed E-state index contributed by atoms with van der Waals surface area (Å²) < 4.78 is 18.4. The van der Waals surface area contributed by atoms with Crippen LogP contribution in [-0.4, -0.2) is 18.0 Å². The zero-order valence-corrected chi connectivity index (χ0v) is 15.4. The van der Waals surface area contributed by atoms with Gasteiger partial charge in [-0.2, -0.15) is 0 Å². The highest BCUT2D eigenvalue weighted by Crippen LogP contribution is 2.22. The molecule has 27 heavy (non-hydrogen) atoms. The van der Waals surface area contributed by atoms with Gasteiger partial charge >= 0.3 is 0 Å².